The molecular formula is C23H24FNO2S. The maximum Gasteiger partial charge on any atom is 0.272 e. The van der Waals surface area contributed by atoms with Crippen LogP contribution >= 0.6 is 11.8 Å². The smallest absolute Gasteiger partial charge is 0.268 e. The van der Waals surface area contributed by atoms with Crippen molar-refractivity contribution < 1.29 is 14.0 Å². The summed E-state index contributed by atoms with van der Waals surface area (Å²) in [5.41, 5.74) is 2.66. The second-order valence-corrected chi connectivity index (χ2v) is 8.68. The Hall–Kier alpha value is -2.40. The third-order valence-corrected chi connectivity index (χ3v) is 5.63. The zero-order chi connectivity index (χ0) is 20.3. The molecule has 2 aromatic rings. The van der Waals surface area contributed by atoms with Gasteiger partial charge in [-0.2, -0.15) is 0 Å². The first-order chi connectivity index (χ1) is 13.4. The normalized spacial score (nSPS) is 14.5. The van der Waals surface area contributed by atoms with Crippen LogP contribution in [0.2, 0.25) is 0 Å². The van der Waals surface area contributed by atoms with Crippen molar-refractivity contribution >= 4 is 34.8 Å². The first-order valence-corrected chi connectivity index (χ1v) is 10.4. The Morgan fingerprint density at radius 3 is 2.18 bits per heavy atom. The van der Waals surface area contributed by atoms with Crippen molar-refractivity contribution in [3.05, 3.63) is 70.4 Å². The first-order valence-electron chi connectivity index (χ1n) is 9.57. The molecule has 28 heavy (non-hydrogen) atoms. The molecule has 0 unspecified atom stereocenters. The summed E-state index contributed by atoms with van der Waals surface area (Å²) in [4.78, 5) is 27.9. The van der Waals surface area contributed by atoms with Crippen LogP contribution in [0.4, 0.5) is 10.1 Å². The van der Waals surface area contributed by atoms with Gasteiger partial charge in [0.15, 0.2) is 0 Å². The molecule has 146 valence electrons. The second-order valence-electron chi connectivity index (χ2n) is 7.09. The van der Waals surface area contributed by atoms with Gasteiger partial charge in [-0.15, -0.1) is 11.8 Å². The van der Waals surface area contributed by atoms with Gasteiger partial charge in [0, 0.05) is 5.25 Å². The minimum atomic E-state index is -0.376. The van der Waals surface area contributed by atoms with E-state index in [4.69, 9.17) is 0 Å². The summed E-state index contributed by atoms with van der Waals surface area (Å²) in [5.74, 6) is -1.05. The van der Waals surface area contributed by atoms with E-state index >= 15 is 0 Å². The number of nitrogens with zero attached hydrogens (tertiary/aromatic N) is 1. The van der Waals surface area contributed by atoms with Gasteiger partial charge in [0.05, 0.1) is 16.2 Å². The molecule has 0 fully saturated rings. The number of benzene rings is 2. The molecular weight excluding hydrogens is 373 g/mol. The number of carbonyl (C=O) groups is 2. The standard InChI is InChI=1S/C23H24FNO2S/c1-4-5-6-16-7-13-19(14-8-16)25-22(26)20(17-9-11-18(24)12-10-17)21(23(25)27)28-15(2)3/h7-15H,4-6H2,1-3H3. The molecule has 1 heterocycles. The lowest BCUT2D eigenvalue weighted by Crippen LogP contribution is -2.31. The molecule has 0 radical (unpaired) electrons. The zero-order valence-corrected chi connectivity index (χ0v) is 17.2. The molecule has 1 aliphatic rings. The highest BCUT2D eigenvalue weighted by molar-refractivity contribution is 8.04. The van der Waals surface area contributed by atoms with E-state index in [1.54, 1.807) is 12.1 Å². The predicted molar refractivity (Wildman–Crippen MR) is 114 cm³/mol. The lowest BCUT2D eigenvalue weighted by atomic mass is 10.1. The third kappa shape index (κ3) is 4.20. The lowest BCUT2D eigenvalue weighted by molar-refractivity contribution is -0.119. The second kappa shape index (κ2) is 8.74. The largest absolute Gasteiger partial charge is 0.272 e. The van der Waals surface area contributed by atoms with Crippen LogP contribution in [0, 0.1) is 5.82 Å². The Kier molecular flexibility index (Phi) is 6.35. The number of halogens is 1. The molecule has 3 rings (SSSR count). The highest BCUT2D eigenvalue weighted by Gasteiger charge is 2.40. The van der Waals surface area contributed by atoms with Crippen LogP contribution in [-0.4, -0.2) is 17.1 Å². The number of amides is 2. The summed E-state index contributed by atoms with van der Waals surface area (Å²) < 4.78 is 13.3. The number of hydrogen-bond donors (Lipinski definition) is 0. The summed E-state index contributed by atoms with van der Waals surface area (Å²) in [6.07, 6.45) is 3.20. The molecule has 0 spiro atoms. The molecule has 0 atom stereocenters. The quantitative estimate of drug-likeness (QED) is 0.571. The summed E-state index contributed by atoms with van der Waals surface area (Å²) in [6, 6.07) is 13.3. The molecule has 0 aromatic heterocycles. The van der Waals surface area contributed by atoms with Crippen LogP contribution in [-0.2, 0) is 16.0 Å². The van der Waals surface area contributed by atoms with Crippen molar-refractivity contribution in [1.29, 1.82) is 0 Å². The number of unbranched alkanes of at least 4 members (excludes halogenated alkanes) is 1. The SMILES string of the molecule is CCCCc1ccc(N2C(=O)C(SC(C)C)=C(c3ccc(F)cc3)C2=O)cc1. The van der Waals surface area contributed by atoms with Gasteiger partial charge < -0.3 is 0 Å². The van der Waals surface area contributed by atoms with Gasteiger partial charge in [0.25, 0.3) is 11.8 Å². The van der Waals surface area contributed by atoms with E-state index in [0.717, 1.165) is 19.3 Å². The van der Waals surface area contributed by atoms with Crippen LogP contribution in [0.5, 0.6) is 0 Å². The van der Waals surface area contributed by atoms with Crippen LogP contribution in [0.15, 0.2) is 53.4 Å². The van der Waals surface area contributed by atoms with E-state index in [1.165, 1.54) is 34.4 Å². The van der Waals surface area contributed by atoms with Gasteiger partial charge in [0.1, 0.15) is 5.82 Å². The highest BCUT2D eigenvalue weighted by atomic mass is 32.2. The summed E-state index contributed by atoms with van der Waals surface area (Å²) in [6.45, 7) is 6.10. The van der Waals surface area contributed by atoms with Gasteiger partial charge in [-0.25, -0.2) is 9.29 Å². The molecule has 0 bridgehead atoms. The molecule has 2 aromatic carbocycles. The van der Waals surface area contributed by atoms with Gasteiger partial charge >= 0.3 is 0 Å². The van der Waals surface area contributed by atoms with E-state index in [1.807, 2.05) is 38.1 Å². The fourth-order valence-electron chi connectivity index (χ4n) is 3.15. The first kappa shape index (κ1) is 20.3. The van der Waals surface area contributed by atoms with E-state index in [-0.39, 0.29) is 22.9 Å². The fraction of sp³-hybridized carbons (Fsp3) is 0.304. The van der Waals surface area contributed by atoms with Crippen LogP contribution in [0.3, 0.4) is 0 Å². The monoisotopic (exact) mass is 397 g/mol. The van der Waals surface area contributed by atoms with E-state index in [9.17, 15) is 14.0 Å². The average Bonchev–Trinajstić information content (AvgIpc) is 2.91. The minimum Gasteiger partial charge on any atom is -0.268 e. The molecule has 5 heteroatoms. The maximum absolute atomic E-state index is 13.3. The van der Waals surface area contributed by atoms with Crippen molar-refractivity contribution in [3.63, 3.8) is 0 Å². The summed E-state index contributed by atoms with van der Waals surface area (Å²) >= 11 is 1.37. The van der Waals surface area contributed by atoms with Crippen molar-refractivity contribution in [2.24, 2.45) is 0 Å². The summed E-state index contributed by atoms with van der Waals surface area (Å²) in [5, 5.41) is 0.138. The Labute approximate surface area is 169 Å². The molecule has 2 amide bonds. The number of thioether (sulfide) groups is 1. The van der Waals surface area contributed by atoms with Crippen LogP contribution in [0.25, 0.3) is 5.57 Å². The molecule has 0 N–H and O–H groups in total. The van der Waals surface area contributed by atoms with Gasteiger partial charge in [0.2, 0.25) is 0 Å². The fourth-order valence-corrected chi connectivity index (χ4v) is 4.14. The molecule has 0 saturated heterocycles. The number of hydrogen-bond acceptors (Lipinski definition) is 3. The van der Waals surface area contributed by atoms with Crippen LogP contribution in [0.1, 0.15) is 44.7 Å². The zero-order valence-electron chi connectivity index (χ0n) is 16.4. The Balaban J connectivity index is 1.97. The molecule has 0 aliphatic carbocycles. The Bertz CT molecular complexity index is 901. The van der Waals surface area contributed by atoms with Crippen molar-refractivity contribution in [2.45, 2.75) is 45.3 Å². The van der Waals surface area contributed by atoms with Crippen molar-refractivity contribution in [1.82, 2.24) is 0 Å². The van der Waals surface area contributed by atoms with Crippen molar-refractivity contribution in [2.75, 3.05) is 4.90 Å². The van der Waals surface area contributed by atoms with Crippen molar-refractivity contribution in [3.8, 4) is 0 Å². The van der Waals surface area contributed by atoms with Gasteiger partial charge in [-0.05, 0) is 48.2 Å². The minimum absolute atomic E-state index is 0.138. The number of carbonyl (C=O) groups excluding carboxylic acids is 2. The number of rotatable bonds is 7. The molecule has 1 aliphatic heterocycles. The molecule has 0 saturated carbocycles. The molecule has 3 nitrogen and oxygen atoms in total. The number of anilines is 1. The maximum atomic E-state index is 13.3. The third-order valence-electron chi connectivity index (χ3n) is 4.54. The lowest BCUT2D eigenvalue weighted by Gasteiger charge is -2.16. The Morgan fingerprint density at radius 2 is 1.61 bits per heavy atom. The average molecular weight is 398 g/mol. The topological polar surface area (TPSA) is 37.4 Å². The number of imide groups is 1. The number of aryl methyl sites for hydroxylation is 1. The summed E-state index contributed by atoms with van der Waals surface area (Å²) in [7, 11) is 0. The van der Waals surface area contributed by atoms with E-state index < -0.39 is 0 Å². The highest BCUT2D eigenvalue weighted by Crippen LogP contribution is 2.39. The van der Waals surface area contributed by atoms with E-state index in [0.29, 0.717) is 21.7 Å². The van der Waals surface area contributed by atoms with Gasteiger partial charge in [-0.3, -0.25) is 9.59 Å². The predicted octanol–water partition coefficient (Wildman–Crippen LogP) is 5.59. The Morgan fingerprint density at radius 1 is 0.964 bits per heavy atom. The van der Waals surface area contributed by atoms with E-state index in [2.05, 4.69) is 6.92 Å². The van der Waals surface area contributed by atoms with Gasteiger partial charge in [-0.1, -0.05) is 51.5 Å². The van der Waals surface area contributed by atoms with Crippen LogP contribution < -0.4 is 4.90 Å².